The highest BCUT2D eigenvalue weighted by Crippen LogP contribution is 2.29. The van der Waals surface area contributed by atoms with E-state index in [1.807, 2.05) is 6.92 Å². The van der Waals surface area contributed by atoms with Crippen LogP contribution < -0.4 is 11.1 Å². The summed E-state index contributed by atoms with van der Waals surface area (Å²) >= 11 is 0. The smallest absolute Gasteiger partial charge is 0.239 e. The van der Waals surface area contributed by atoms with Crippen molar-refractivity contribution in [3.05, 3.63) is 0 Å². The van der Waals surface area contributed by atoms with Gasteiger partial charge in [0, 0.05) is 19.6 Å². The van der Waals surface area contributed by atoms with Gasteiger partial charge < -0.3 is 16.0 Å². The summed E-state index contributed by atoms with van der Waals surface area (Å²) in [5.41, 5.74) is 5.57. The zero-order valence-corrected chi connectivity index (χ0v) is 9.32. The number of nitrogens with one attached hydrogen (secondary N) is 1. The maximum atomic E-state index is 11.6. The number of hydrogen-bond donors (Lipinski definition) is 2. The molecule has 2 atom stereocenters. The van der Waals surface area contributed by atoms with E-state index >= 15 is 0 Å². The lowest BCUT2D eigenvalue weighted by molar-refractivity contribution is -0.135. The Kier molecular flexibility index (Phi) is 4.08. The molecule has 5 heteroatoms. The van der Waals surface area contributed by atoms with E-state index in [0.717, 1.165) is 12.8 Å². The lowest BCUT2D eigenvalue weighted by atomic mass is 10.3. The van der Waals surface area contributed by atoms with E-state index in [1.165, 1.54) is 4.90 Å². The highest BCUT2D eigenvalue weighted by molar-refractivity contribution is 5.87. The van der Waals surface area contributed by atoms with Crippen molar-refractivity contribution < 1.29 is 9.59 Å². The minimum Gasteiger partial charge on any atom is -0.355 e. The van der Waals surface area contributed by atoms with Crippen molar-refractivity contribution in [1.29, 1.82) is 0 Å². The highest BCUT2D eigenvalue weighted by atomic mass is 16.2. The number of amides is 2. The zero-order chi connectivity index (χ0) is 11.4. The average molecular weight is 213 g/mol. The number of likely N-dealkylation sites (N-methyl/N-ethyl adjacent to an activating group) is 1. The van der Waals surface area contributed by atoms with Gasteiger partial charge in [-0.15, -0.1) is 0 Å². The molecule has 0 spiro atoms. The quantitative estimate of drug-likeness (QED) is 0.635. The van der Waals surface area contributed by atoms with Crippen molar-refractivity contribution >= 4 is 11.8 Å². The van der Waals surface area contributed by atoms with E-state index in [4.69, 9.17) is 5.73 Å². The van der Waals surface area contributed by atoms with E-state index in [0.29, 0.717) is 6.54 Å². The van der Waals surface area contributed by atoms with E-state index in [9.17, 15) is 9.59 Å². The third-order valence-electron chi connectivity index (χ3n) is 2.49. The molecule has 5 nitrogen and oxygen atoms in total. The number of nitrogens with two attached hydrogens (primary N) is 1. The molecule has 0 aliphatic heterocycles. The maximum Gasteiger partial charge on any atom is 0.239 e. The Bertz CT molecular complexity index is 255. The van der Waals surface area contributed by atoms with Gasteiger partial charge in [-0.25, -0.2) is 0 Å². The summed E-state index contributed by atoms with van der Waals surface area (Å²) in [5, 5.41) is 2.72. The van der Waals surface area contributed by atoms with Gasteiger partial charge >= 0.3 is 0 Å². The molecular weight excluding hydrogens is 194 g/mol. The Morgan fingerprint density at radius 1 is 1.53 bits per heavy atom. The van der Waals surface area contributed by atoms with Gasteiger partial charge in [0.1, 0.15) is 0 Å². The number of carbonyl (C=O) groups is 2. The summed E-state index contributed by atoms with van der Waals surface area (Å²) in [6.45, 7) is 2.77. The van der Waals surface area contributed by atoms with Crippen molar-refractivity contribution in [3.63, 3.8) is 0 Å². The van der Waals surface area contributed by atoms with Crippen LogP contribution in [0.1, 0.15) is 19.8 Å². The molecule has 0 radical (unpaired) electrons. The fourth-order valence-corrected chi connectivity index (χ4v) is 1.40. The fourth-order valence-electron chi connectivity index (χ4n) is 1.40. The van der Waals surface area contributed by atoms with E-state index < -0.39 is 0 Å². The van der Waals surface area contributed by atoms with Gasteiger partial charge in [-0.3, -0.25) is 9.59 Å². The molecule has 86 valence electrons. The van der Waals surface area contributed by atoms with Gasteiger partial charge in [-0.2, -0.15) is 0 Å². The molecule has 1 rings (SSSR count). The second-order valence-electron chi connectivity index (χ2n) is 4.05. The minimum absolute atomic E-state index is 0.00125. The number of carbonyl (C=O) groups excluding carboxylic acids is 2. The van der Waals surface area contributed by atoms with Crippen LogP contribution in [0.4, 0.5) is 0 Å². The molecule has 1 aliphatic carbocycles. The summed E-state index contributed by atoms with van der Waals surface area (Å²) in [7, 11) is 1.64. The Labute approximate surface area is 90.0 Å². The topological polar surface area (TPSA) is 75.4 Å². The van der Waals surface area contributed by atoms with Gasteiger partial charge in [-0.1, -0.05) is 6.92 Å². The Balaban J connectivity index is 2.25. The first-order valence-electron chi connectivity index (χ1n) is 5.33. The normalized spacial score (nSPS) is 23.4. The van der Waals surface area contributed by atoms with Crippen LogP contribution in [0, 0.1) is 5.92 Å². The molecule has 0 bridgehead atoms. The predicted molar refractivity (Wildman–Crippen MR) is 57.0 cm³/mol. The van der Waals surface area contributed by atoms with Crippen molar-refractivity contribution in [3.8, 4) is 0 Å². The maximum absolute atomic E-state index is 11.6. The number of hydrogen-bond acceptors (Lipinski definition) is 3. The summed E-state index contributed by atoms with van der Waals surface area (Å²) in [4.78, 5) is 24.3. The third kappa shape index (κ3) is 3.51. The standard InChI is InChI=1S/C10H19N3O2/c1-3-4-12-9(14)6-13(2)10(15)7-5-8(7)11/h7-8H,3-6,11H2,1-2H3,(H,12,14). The molecule has 3 N–H and O–H groups in total. The van der Waals surface area contributed by atoms with Crippen LogP contribution in [0.2, 0.25) is 0 Å². The largest absolute Gasteiger partial charge is 0.355 e. The molecule has 1 aliphatic rings. The fraction of sp³-hybridized carbons (Fsp3) is 0.800. The molecular formula is C10H19N3O2. The molecule has 0 aromatic carbocycles. The van der Waals surface area contributed by atoms with E-state index in [1.54, 1.807) is 7.05 Å². The van der Waals surface area contributed by atoms with Crippen LogP contribution in [0.25, 0.3) is 0 Å². The molecule has 1 saturated carbocycles. The monoisotopic (exact) mass is 213 g/mol. The Morgan fingerprint density at radius 2 is 2.13 bits per heavy atom. The highest BCUT2D eigenvalue weighted by Gasteiger charge is 2.41. The molecule has 15 heavy (non-hydrogen) atoms. The van der Waals surface area contributed by atoms with Crippen molar-refractivity contribution in [2.75, 3.05) is 20.1 Å². The van der Waals surface area contributed by atoms with Crippen LogP contribution in [0.5, 0.6) is 0 Å². The van der Waals surface area contributed by atoms with Gasteiger partial charge in [0.2, 0.25) is 11.8 Å². The molecule has 2 amide bonds. The Hall–Kier alpha value is -1.10. The summed E-state index contributed by atoms with van der Waals surface area (Å²) < 4.78 is 0. The van der Waals surface area contributed by atoms with Crippen molar-refractivity contribution in [2.45, 2.75) is 25.8 Å². The lowest BCUT2D eigenvalue weighted by Gasteiger charge is -2.16. The van der Waals surface area contributed by atoms with Gasteiger partial charge in [0.25, 0.3) is 0 Å². The first-order chi connectivity index (χ1) is 7.06. The first-order valence-corrected chi connectivity index (χ1v) is 5.33. The molecule has 2 unspecified atom stereocenters. The van der Waals surface area contributed by atoms with Gasteiger partial charge in [0.15, 0.2) is 0 Å². The number of rotatable bonds is 5. The molecule has 0 heterocycles. The molecule has 1 fully saturated rings. The molecule has 0 saturated heterocycles. The van der Waals surface area contributed by atoms with Crippen molar-refractivity contribution in [1.82, 2.24) is 10.2 Å². The van der Waals surface area contributed by atoms with Gasteiger partial charge in [0.05, 0.1) is 12.5 Å². The van der Waals surface area contributed by atoms with Crippen LogP contribution in [0.3, 0.4) is 0 Å². The number of nitrogens with zero attached hydrogens (tertiary/aromatic N) is 1. The van der Waals surface area contributed by atoms with Crippen LogP contribution in [-0.2, 0) is 9.59 Å². The van der Waals surface area contributed by atoms with Crippen LogP contribution in [0.15, 0.2) is 0 Å². The van der Waals surface area contributed by atoms with Gasteiger partial charge in [-0.05, 0) is 12.8 Å². The van der Waals surface area contributed by atoms with E-state index in [2.05, 4.69) is 5.32 Å². The minimum atomic E-state index is -0.109. The van der Waals surface area contributed by atoms with Crippen molar-refractivity contribution in [2.24, 2.45) is 11.7 Å². The first kappa shape index (κ1) is 12.0. The van der Waals surface area contributed by atoms with Crippen LogP contribution >= 0.6 is 0 Å². The molecule has 0 aromatic rings. The lowest BCUT2D eigenvalue weighted by Crippen LogP contribution is -2.39. The van der Waals surface area contributed by atoms with E-state index in [-0.39, 0.29) is 30.3 Å². The molecule has 0 aromatic heterocycles. The second-order valence-corrected chi connectivity index (χ2v) is 4.05. The Morgan fingerprint density at radius 3 is 2.60 bits per heavy atom. The summed E-state index contributed by atoms with van der Waals surface area (Å²) in [6.07, 6.45) is 1.65. The zero-order valence-electron chi connectivity index (χ0n) is 9.32. The predicted octanol–water partition coefficient (Wildman–Crippen LogP) is -0.682. The second kappa shape index (κ2) is 5.11. The van der Waals surface area contributed by atoms with Crippen LogP contribution in [-0.4, -0.2) is 42.9 Å². The average Bonchev–Trinajstić information content (AvgIpc) is 2.91. The summed E-state index contributed by atoms with van der Waals surface area (Å²) in [5.74, 6) is -0.190. The SMILES string of the molecule is CCCNC(=O)CN(C)C(=O)C1CC1N. The third-order valence-corrected chi connectivity index (χ3v) is 2.49. The summed E-state index contributed by atoms with van der Waals surface area (Å²) in [6, 6.07) is -0.00125.